The smallest absolute Gasteiger partial charge is 0.345 e. The molecule has 2 heterocycles. The van der Waals surface area contributed by atoms with Gasteiger partial charge < -0.3 is 9.64 Å². The van der Waals surface area contributed by atoms with Crippen molar-refractivity contribution >= 4 is 21.5 Å². The van der Waals surface area contributed by atoms with E-state index < -0.39 is 4.92 Å². The van der Waals surface area contributed by atoms with Crippen LogP contribution in [0.4, 0.5) is 10.1 Å². The first kappa shape index (κ1) is 13.3. The van der Waals surface area contributed by atoms with Crippen molar-refractivity contribution in [1.82, 2.24) is 4.98 Å². The van der Waals surface area contributed by atoms with Gasteiger partial charge in [-0.3, -0.25) is 10.1 Å². The summed E-state index contributed by atoms with van der Waals surface area (Å²) in [5, 5.41) is 20.0. The van der Waals surface area contributed by atoms with E-state index in [-0.39, 0.29) is 11.1 Å². The van der Waals surface area contributed by atoms with E-state index in [2.05, 4.69) is 4.98 Å². The topological polar surface area (TPSA) is 92.3 Å². The van der Waals surface area contributed by atoms with Gasteiger partial charge in [-0.15, -0.1) is 0 Å². The second-order valence-electron chi connectivity index (χ2n) is 4.52. The van der Waals surface area contributed by atoms with Crippen molar-refractivity contribution in [3.05, 3.63) is 46.1 Å². The van der Waals surface area contributed by atoms with Crippen molar-refractivity contribution in [1.29, 1.82) is 5.26 Å². The van der Waals surface area contributed by atoms with E-state index in [0.717, 1.165) is 11.3 Å². The Morgan fingerprint density at radius 2 is 2.14 bits per heavy atom. The van der Waals surface area contributed by atoms with Gasteiger partial charge in [0, 0.05) is 0 Å². The SMILES string of the molecule is N#Cc1ccc(OC2CN(c3ncc([N+](=O)[O-])s3)C2)cc1. The van der Waals surface area contributed by atoms with Crippen LogP contribution in [0.1, 0.15) is 5.56 Å². The maximum atomic E-state index is 10.6. The lowest BCUT2D eigenvalue weighted by molar-refractivity contribution is -0.380. The molecule has 3 rings (SSSR count). The molecule has 0 saturated carbocycles. The quantitative estimate of drug-likeness (QED) is 0.635. The Hall–Kier alpha value is -2.66. The molecule has 1 aromatic heterocycles. The van der Waals surface area contributed by atoms with Gasteiger partial charge in [0.1, 0.15) is 18.1 Å². The number of hydrogen-bond acceptors (Lipinski definition) is 7. The minimum Gasteiger partial charge on any atom is -0.487 e. The van der Waals surface area contributed by atoms with Crippen molar-refractivity contribution in [3.63, 3.8) is 0 Å². The maximum absolute atomic E-state index is 10.6. The fraction of sp³-hybridized carbons (Fsp3) is 0.231. The van der Waals surface area contributed by atoms with Crippen LogP contribution in [0.25, 0.3) is 0 Å². The Kier molecular flexibility index (Phi) is 3.41. The molecule has 0 spiro atoms. The number of nitro groups is 1. The molecule has 1 aromatic carbocycles. The highest BCUT2D eigenvalue weighted by Gasteiger charge is 2.31. The van der Waals surface area contributed by atoms with Crippen LogP contribution in [0, 0.1) is 21.4 Å². The number of benzene rings is 1. The van der Waals surface area contributed by atoms with Gasteiger partial charge >= 0.3 is 5.00 Å². The van der Waals surface area contributed by atoms with Crippen LogP contribution in [0.2, 0.25) is 0 Å². The zero-order valence-electron chi connectivity index (χ0n) is 10.8. The number of nitrogens with zero attached hydrogens (tertiary/aromatic N) is 4. The molecule has 0 radical (unpaired) electrons. The van der Waals surface area contributed by atoms with Crippen LogP contribution in [0.3, 0.4) is 0 Å². The van der Waals surface area contributed by atoms with Gasteiger partial charge in [-0.2, -0.15) is 5.26 Å². The molecule has 1 fully saturated rings. The highest BCUT2D eigenvalue weighted by molar-refractivity contribution is 7.18. The number of anilines is 1. The second-order valence-corrected chi connectivity index (χ2v) is 5.51. The van der Waals surface area contributed by atoms with Crippen molar-refractivity contribution in [2.24, 2.45) is 0 Å². The molecule has 0 unspecified atom stereocenters. The summed E-state index contributed by atoms with van der Waals surface area (Å²) in [5.74, 6) is 0.712. The molecule has 8 heteroatoms. The molecule has 7 nitrogen and oxygen atoms in total. The van der Waals surface area contributed by atoms with Crippen molar-refractivity contribution < 1.29 is 9.66 Å². The van der Waals surface area contributed by atoms with Crippen LogP contribution >= 0.6 is 11.3 Å². The molecule has 0 aliphatic carbocycles. The average Bonchev–Trinajstić information content (AvgIpc) is 2.92. The van der Waals surface area contributed by atoms with Crippen molar-refractivity contribution in [2.75, 3.05) is 18.0 Å². The zero-order chi connectivity index (χ0) is 14.8. The molecule has 2 aromatic rings. The zero-order valence-corrected chi connectivity index (χ0v) is 11.6. The minimum atomic E-state index is -0.439. The monoisotopic (exact) mass is 302 g/mol. The Labute approximate surface area is 124 Å². The minimum absolute atomic E-state index is 0.0286. The van der Waals surface area contributed by atoms with E-state index in [1.54, 1.807) is 24.3 Å². The fourth-order valence-corrected chi connectivity index (χ4v) is 2.71. The van der Waals surface area contributed by atoms with Gasteiger partial charge in [-0.05, 0) is 35.6 Å². The number of nitriles is 1. The van der Waals surface area contributed by atoms with Crippen molar-refractivity contribution in [3.8, 4) is 11.8 Å². The number of ether oxygens (including phenoxy) is 1. The van der Waals surface area contributed by atoms with E-state index in [0.29, 0.717) is 29.5 Å². The predicted molar refractivity (Wildman–Crippen MR) is 76.6 cm³/mol. The number of hydrogen-bond donors (Lipinski definition) is 0. The molecule has 0 atom stereocenters. The molecule has 1 saturated heterocycles. The van der Waals surface area contributed by atoms with Gasteiger partial charge in [0.2, 0.25) is 0 Å². The standard InChI is InChI=1S/C13H10N4O3S/c14-5-9-1-3-10(4-2-9)20-11-7-16(8-11)13-15-6-12(21-13)17(18)19/h1-4,6,11H,7-8H2. The largest absolute Gasteiger partial charge is 0.487 e. The Morgan fingerprint density at radius 3 is 2.71 bits per heavy atom. The molecule has 0 N–H and O–H groups in total. The summed E-state index contributed by atoms with van der Waals surface area (Å²) in [6, 6.07) is 8.98. The van der Waals surface area contributed by atoms with Gasteiger partial charge in [0.15, 0.2) is 5.13 Å². The van der Waals surface area contributed by atoms with Crippen LogP contribution in [-0.2, 0) is 0 Å². The van der Waals surface area contributed by atoms with E-state index >= 15 is 0 Å². The maximum Gasteiger partial charge on any atom is 0.345 e. The van der Waals surface area contributed by atoms with E-state index in [1.165, 1.54) is 6.20 Å². The lowest BCUT2D eigenvalue weighted by atomic mass is 10.2. The van der Waals surface area contributed by atoms with Gasteiger partial charge in [0.05, 0.1) is 29.6 Å². The molecule has 0 amide bonds. The molecule has 1 aliphatic rings. The van der Waals surface area contributed by atoms with Crippen LogP contribution in [0.15, 0.2) is 30.5 Å². The first-order valence-corrected chi connectivity index (χ1v) is 6.99. The van der Waals surface area contributed by atoms with Crippen LogP contribution in [0.5, 0.6) is 5.75 Å². The third-order valence-corrected chi connectivity index (χ3v) is 4.08. The van der Waals surface area contributed by atoms with E-state index in [9.17, 15) is 10.1 Å². The van der Waals surface area contributed by atoms with Gasteiger partial charge in [-0.1, -0.05) is 0 Å². The first-order chi connectivity index (χ1) is 10.2. The molecular weight excluding hydrogens is 292 g/mol. The van der Waals surface area contributed by atoms with Gasteiger partial charge in [-0.25, -0.2) is 4.98 Å². The first-order valence-electron chi connectivity index (χ1n) is 6.17. The Balaban J connectivity index is 1.55. The number of thiazole rings is 1. The molecule has 0 bridgehead atoms. The summed E-state index contributed by atoms with van der Waals surface area (Å²) in [6.45, 7) is 1.29. The molecule has 106 valence electrons. The third-order valence-electron chi connectivity index (χ3n) is 3.07. The lowest BCUT2D eigenvalue weighted by Crippen LogP contribution is -2.53. The van der Waals surface area contributed by atoms with Crippen LogP contribution in [-0.4, -0.2) is 29.1 Å². The van der Waals surface area contributed by atoms with Crippen molar-refractivity contribution in [2.45, 2.75) is 6.10 Å². The summed E-state index contributed by atoms with van der Waals surface area (Å²) < 4.78 is 5.75. The number of rotatable bonds is 4. The van der Waals surface area contributed by atoms with Gasteiger partial charge in [0.25, 0.3) is 0 Å². The van der Waals surface area contributed by atoms with Crippen LogP contribution < -0.4 is 9.64 Å². The summed E-state index contributed by atoms with van der Waals surface area (Å²) in [7, 11) is 0. The summed E-state index contributed by atoms with van der Waals surface area (Å²) in [6.07, 6.45) is 1.30. The summed E-state index contributed by atoms with van der Waals surface area (Å²) in [5.41, 5.74) is 0.590. The Morgan fingerprint density at radius 1 is 1.43 bits per heavy atom. The fourth-order valence-electron chi connectivity index (χ4n) is 1.96. The third kappa shape index (κ3) is 2.78. The lowest BCUT2D eigenvalue weighted by Gasteiger charge is -2.38. The molecule has 21 heavy (non-hydrogen) atoms. The summed E-state index contributed by atoms with van der Waals surface area (Å²) >= 11 is 1.06. The normalized spacial score (nSPS) is 14.3. The molecule has 1 aliphatic heterocycles. The second kappa shape index (κ2) is 5.38. The highest BCUT2D eigenvalue weighted by atomic mass is 32.1. The highest BCUT2D eigenvalue weighted by Crippen LogP contribution is 2.31. The summed E-state index contributed by atoms with van der Waals surface area (Å²) in [4.78, 5) is 16.1. The molecular formula is C13H10N4O3S. The average molecular weight is 302 g/mol. The van der Waals surface area contributed by atoms with E-state index in [4.69, 9.17) is 10.00 Å². The van der Waals surface area contributed by atoms with E-state index in [1.807, 2.05) is 11.0 Å². The Bertz CT molecular complexity index is 701. The number of aromatic nitrogens is 1. The predicted octanol–water partition coefficient (Wildman–Crippen LogP) is 2.19.